The molecule has 0 atom stereocenters. The Labute approximate surface area is 81.1 Å². The van der Waals surface area contributed by atoms with Gasteiger partial charge in [0.2, 0.25) is 0 Å². The van der Waals surface area contributed by atoms with Crippen molar-refractivity contribution in [3.63, 3.8) is 0 Å². The van der Waals surface area contributed by atoms with Crippen LogP contribution < -0.4 is 5.73 Å². The Morgan fingerprint density at radius 3 is 2.83 bits per heavy atom. The SMILES string of the molecule is Cc1cc(C#CCN)ccc1Br. The third kappa shape index (κ3) is 2.37. The van der Waals surface area contributed by atoms with Gasteiger partial charge in [-0.1, -0.05) is 27.8 Å². The summed E-state index contributed by atoms with van der Waals surface area (Å²) < 4.78 is 1.11. The minimum absolute atomic E-state index is 0.412. The summed E-state index contributed by atoms with van der Waals surface area (Å²) >= 11 is 3.42. The minimum atomic E-state index is 0.412. The van der Waals surface area contributed by atoms with Crippen molar-refractivity contribution in [1.82, 2.24) is 0 Å². The van der Waals surface area contributed by atoms with Gasteiger partial charge in [-0.15, -0.1) is 0 Å². The Morgan fingerprint density at radius 2 is 2.25 bits per heavy atom. The van der Waals surface area contributed by atoms with Crippen molar-refractivity contribution in [2.75, 3.05) is 6.54 Å². The van der Waals surface area contributed by atoms with Crippen LogP contribution in [0.25, 0.3) is 0 Å². The largest absolute Gasteiger partial charge is 0.320 e. The van der Waals surface area contributed by atoms with Crippen LogP contribution in [-0.4, -0.2) is 6.54 Å². The molecule has 0 aliphatic rings. The van der Waals surface area contributed by atoms with Crippen LogP contribution in [0.2, 0.25) is 0 Å². The smallest absolute Gasteiger partial charge is 0.0555 e. The summed E-state index contributed by atoms with van der Waals surface area (Å²) in [6.45, 7) is 2.45. The zero-order valence-corrected chi connectivity index (χ0v) is 8.48. The molecule has 62 valence electrons. The van der Waals surface area contributed by atoms with E-state index in [0.717, 1.165) is 10.0 Å². The molecule has 0 fully saturated rings. The maximum atomic E-state index is 5.26. The maximum absolute atomic E-state index is 5.26. The first-order valence-corrected chi connectivity index (χ1v) is 4.48. The third-order valence-corrected chi connectivity index (χ3v) is 2.38. The first kappa shape index (κ1) is 9.31. The van der Waals surface area contributed by atoms with Gasteiger partial charge in [0.25, 0.3) is 0 Å². The molecule has 1 rings (SSSR count). The summed E-state index contributed by atoms with van der Waals surface area (Å²) in [4.78, 5) is 0. The van der Waals surface area contributed by atoms with Crippen LogP contribution in [0.1, 0.15) is 11.1 Å². The highest BCUT2D eigenvalue weighted by Gasteiger charge is 1.93. The number of halogens is 1. The molecule has 0 saturated carbocycles. The molecule has 1 aromatic rings. The van der Waals surface area contributed by atoms with E-state index in [0.29, 0.717) is 6.54 Å². The zero-order valence-electron chi connectivity index (χ0n) is 6.89. The summed E-state index contributed by atoms with van der Waals surface area (Å²) in [6, 6.07) is 6.00. The molecule has 2 heteroatoms. The van der Waals surface area contributed by atoms with Gasteiger partial charge in [-0.3, -0.25) is 0 Å². The second-order valence-corrected chi connectivity index (χ2v) is 3.32. The van der Waals surface area contributed by atoms with E-state index in [1.165, 1.54) is 5.56 Å². The van der Waals surface area contributed by atoms with E-state index in [4.69, 9.17) is 5.73 Å². The Balaban J connectivity index is 2.97. The lowest BCUT2D eigenvalue weighted by Gasteiger charge is -1.96. The van der Waals surface area contributed by atoms with Gasteiger partial charge in [0.15, 0.2) is 0 Å². The quantitative estimate of drug-likeness (QED) is 0.670. The van der Waals surface area contributed by atoms with Crippen molar-refractivity contribution < 1.29 is 0 Å². The minimum Gasteiger partial charge on any atom is -0.320 e. The van der Waals surface area contributed by atoms with Gasteiger partial charge < -0.3 is 5.73 Å². The summed E-state index contributed by atoms with van der Waals surface area (Å²) in [5.41, 5.74) is 7.47. The molecule has 0 aromatic heterocycles. The summed E-state index contributed by atoms with van der Waals surface area (Å²) in [7, 11) is 0. The monoisotopic (exact) mass is 223 g/mol. The predicted molar refractivity (Wildman–Crippen MR) is 54.8 cm³/mol. The molecule has 0 radical (unpaired) electrons. The van der Waals surface area contributed by atoms with Crippen molar-refractivity contribution in [3.8, 4) is 11.8 Å². The van der Waals surface area contributed by atoms with Gasteiger partial charge in [-0.2, -0.15) is 0 Å². The predicted octanol–water partition coefficient (Wildman–Crippen LogP) is 2.07. The number of rotatable bonds is 0. The highest BCUT2D eigenvalue weighted by atomic mass is 79.9. The molecule has 1 aromatic carbocycles. The Morgan fingerprint density at radius 1 is 1.50 bits per heavy atom. The lowest BCUT2D eigenvalue weighted by molar-refractivity contribution is 1.30. The van der Waals surface area contributed by atoms with Crippen molar-refractivity contribution in [2.45, 2.75) is 6.92 Å². The molecule has 0 saturated heterocycles. The molecule has 12 heavy (non-hydrogen) atoms. The summed E-state index contributed by atoms with van der Waals surface area (Å²) in [5.74, 6) is 5.79. The average Bonchev–Trinajstić information content (AvgIpc) is 2.07. The Kier molecular flexibility index (Phi) is 3.33. The summed E-state index contributed by atoms with van der Waals surface area (Å²) in [5, 5.41) is 0. The standard InChI is InChI=1S/C10H10BrN/c1-8-7-9(3-2-6-12)4-5-10(8)11/h4-5,7H,6,12H2,1H3. The van der Waals surface area contributed by atoms with Gasteiger partial charge in [0.05, 0.1) is 6.54 Å². The van der Waals surface area contributed by atoms with Gasteiger partial charge in [-0.05, 0) is 30.7 Å². The number of benzene rings is 1. The third-order valence-electron chi connectivity index (χ3n) is 1.49. The van der Waals surface area contributed by atoms with Crippen LogP contribution in [0, 0.1) is 18.8 Å². The fourth-order valence-corrected chi connectivity index (χ4v) is 1.12. The fraction of sp³-hybridized carbons (Fsp3) is 0.200. The molecule has 0 bridgehead atoms. The number of hydrogen-bond donors (Lipinski definition) is 1. The second kappa shape index (κ2) is 4.30. The normalized spacial score (nSPS) is 8.92. The van der Waals surface area contributed by atoms with E-state index in [1.807, 2.05) is 25.1 Å². The van der Waals surface area contributed by atoms with E-state index in [-0.39, 0.29) is 0 Å². The van der Waals surface area contributed by atoms with E-state index in [1.54, 1.807) is 0 Å². The van der Waals surface area contributed by atoms with Gasteiger partial charge in [0.1, 0.15) is 0 Å². The molecule has 0 amide bonds. The highest BCUT2D eigenvalue weighted by molar-refractivity contribution is 9.10. The molecule has 0 heterocycles. The van der Waals surface area contributed by atoms with Crippen molar-refractivity contribution in [1.29, 1.82) is 0 Å². The molecular formula is C10H10BrN. The lowest BCUT2D eigenvalue weighted by atomic mass is 10.1. The maximum Gasteiger partial charge on any atom is 0.0555 e. The van der Waals surface area contributed by atoms with Crippen molar-refractivity contribution in [2.24, 2.45) is 5.73 Å². The van der Waals surface area contributed by atoms with Crippen LogP contribution in [0.15, 0.2) is 22.7 Å². The molecule has 0 aliphatic heterocycles. The van der Waals surface area contributed by atoms with Crippen LogP contribution in [-0.2, 0) is 0 Å². The van der Waals surface area contributed by atoms with Crippen molar-refractivity contribution in [3.05, 3.63) is 33.8 Å². The van der Waals surface area contributed by atoms with Crippen LogP contribution in [0.5, 0.6) is 0 Å². The molecule has 0 spiro atoms. The van der Waals surface area contributed by atoms with E-state index in [9.17, 15) is 0 Å². The van der Waals surface area contributed by atoms with Gasteiger partial charge in [0, 0.05) is 10.0 Å². The van der Waals surface area contributed by atoms with Crippen molar-refractivity contribution >= 4 is 15.9 Å². The fourth-order valence-electron chi connectivity index (χ4n) is 0.876. The Bertz CT molecular complexity index is 333. The molecule has 1 nitrogen and oxygen atoms in total. The first-order valence-electron chi connectivity index (χ1n) is 3.69. The molecule has 2 N–H and O–H groups in total. The molecular weight excluding hydrogens is 214 g/mol. The highest BCUT2D eigenvalue weighted by Crippen LogP contribution is 2.16. The summed E-state index contributed by atoms with van der Waals surface area (Å²) in [6.07, 6.45) is 0. The van der Waals surface area contributed by atoms with E-state index in [2.05, 4.69) is 27.8 Å². The number of nitrogens with two attached hydrogens (primary N) is 1. The number of hydrogen-bond acceptors (Lipinski definition) is 1. The zero-order chi connectivity index (χ0) is 8.97. The van der Waals surface area contributed by atoms with Crippen LogP contribution in [0.3, 0.4) is 0 Å². The van der Waals surface area contributed by atoms with E-state index >= 15 is 0 Å². The molecule has 0 unspecified atom stereocenters. The van der Waals surface area contributed by atoms with Gasteiger partial charge in [-0.25, -0.2) is 0 Å². The molecule has 0 aliphatic carbocycles. The van der Waals surface area contributed by atoms with E-state index < -0.39 is 0 Å². The van der Waals surface area contributed by atoms with Gasteiger partial charge >= 0.3 is 0 Å². The lowest BCUT2D eigenvalue weighted by Crippen LogP contribution is -1.93. The number of aryl methyl sites for hydroxylation is 1. The topological polar surface area (TPSA) is 26.0 Å². The van der Waals surface area contributed by atoms with Crippen LogP contribution in [0.4, 0.5) is 0 Å². The second-order valence-electron chi connectivity index (χ2n) is 2.47. The Hall–Kier alpha value is -0.780. The van der Waals surface area contributed by atoms with Crippen LogP contribution >= 0.6 is 15.9 Å². The first-order chi connectivity index (χ1) is 5.74. The average molecular weight is 224 g/mol.